The summed E-state index contributed by atoms with van der Waals surface area (Å²) >= 11 is 1.63. The van der Waals surface area contributed by atoms with Crippen LogP contribution in [0.15, 0.2) is 28.4 Å². The highest BCUT2D eigenvalue weighted by molar-refractivity contribution is 7.09. The second-order valence-electron chi connectivity index (χ2n) is 5.09. The molecule has 2 rings (SSSR count). The van der Waals surface area contributed by atoms with Crippen LogP contribution in [-0.2, 0) is 24.2 Å². The van der Waals surface area contributed by atoms with Crippen LogP contribution < -0.4 is 10.9 Å². The first-order chi connectivity index (χ1) is 10.6. The average molecular weight is 319 g/mol. The van der Waals surface area contributed by atoms with Crippen LogP contribution >= 0.6 is 11.3 Å². The van der Waals surface area contributed by atoms with E-state index in [-0.39, 0.29) is 11.5 Å². The Kier molecular flexibility index (Phi) is 5.89. The molecule has 5 nitrogen and oxygen atoms in total. The predicted octanol–water partition coefficient (Wildman–Crippen LogP) is 1.92. The van der Waals surface area contributed by atoms with Crippen LogP contribution in [0.2, 0.25) is 0 Å². The molecule has 0 aliphatic rings. The molecule has 22 heavy (non-hydrogen) atoms. The van der Waals surface area contributed by atoms with Gasteiger partial charge in [0, 0.05) is 43.1 Å². The van der Waals surface area contributed by atoms with E-state index in [2.05, 4.69) is 22.6 Å². The minimum Gasteiger partial charge on any atom is -0.356 e. The van der Waals surface area contributed by atoms with Gasteiger partial charge in [0.2, 0.25) is 5.91 Å². The quantitative estimate of drug-likeness (QED) is 0.848. The zero-order valence-electron chi connectivity index (χ0n) is 13.0. The van der Waals surface area contributed by atoms with Crippen molar-refractivity contribution < 1.29 is 4.79 Å². The maximum atomic E-state index is 11.8. The van der Waals surface area contributed by atoms with Crippen LogP contribution in [0.25, 0.3) is 0 Å². The zero-order chi connectivity index (χ0) is 15.9. The van der Waals surface area contributed by atoms with Crippen molar-refractivity contribution in [3.05, 3.63) is 50.3 Å². The molecule has 0 saturated heterocycles. The molecule has 0 aliphatic heterocycles. The molecule has 0 aliphatic carbocycles. The molecule has 0 unspecified atom stereocenters. The first kappa shape index (κ1) is 16.4. The van der Waals surface area contributed by atoms with Gasteiger partial charge < -0.3 is 9.88 Å². The van der Waals surface area contributed by atoms with Crippen molar-refractivity contribution in [2.75, 3.05) is 6.54 Å². The van der Waals surface area contributed by atoms with E-state index in [1.54, 1.807) is 22.0 Å². The molecule has 0 atom stereocenters. The number of hydrogen-bond acceptors (Lipinski definition) is 4. The number of carbonyl (C=O) groups excluding carboxylic acids is 1. The van der Waals surface area contributed by atoms with Crippen molar-refractivity contribution in [2.24, 2.45) is 0 Å². The van der Waals surface area contributed by atoms with Gasteiger partial charge in [-0.3, -0.25) is 9.59 Å². The van der Waals surface area contributed by atoms with Gasteiger partial charge in [0.15, 0.2) is 0 Å². The van der Waals surface area contributed by atoms with Crippen molar-refractivity contribution in [2.45, 2.75) is 39.7 Å². The third kappa shape index (κ3) is 4.53. The molecule has 1 amide bonds. The van der Waals surface area contributed by atoms with Crippen molar-refractivity contribution in [3.8, 4) is 0 Å². The SMILES string of the molecule is CCc1csc(CCNC(=O)CCn2c(C)cccc2=O)n1. The van der Waals surface area contributed by atoms with Crippen LogP contribution in [0.3, 0.4) is 0 Å². The minimum absolute atomic E-state index is 0.0394. The largest absolute Gasteiger partial charge is 0.356 e. The number of thiazole rings is 1. The lowest BCUT2D eigenvalue weighted by Crippen LogP contribution is -2.29. The molecule has 1 N–H and O–H groups in total. The highest BCUT2D eigenvalue weighted by Crippen LogP contribution is 2.10. The van der Waals surface area contributed by atoms with Gasteiger partial charge in [-0.2, -0.15) is 0 Å². The monoisotopic (exact) mass is 319 g/mol. The van der Waals surface area contributed by atoms with Gasteiger partial charge in [-0.25, -0.2) is 4.98 Å². The minimum atomic E-state index is -0.0670. The summed E-state index contributed by atoms with van der Waals surface area (Å²) in [5, 5.41) is 5.99. The molecule has 0 fully saturated rings. The third-order valence-corrected chi connectivity index (χ3v) is 4.41. The molecule has 0 spiro atoms. The topological polar surface area (TPSA) is 64.0 Å². The number of hydrogen-bond donors (Lipinski definition) is 1. The van der Waals surface area contributed by atoms with E-state index in [0.29, 0.717) is 19.5 Å². The van der Waals surface area contributed by atoms with Gasteiger partial charge in [0.1, 0.15) is 0 Å². The number of aromatic nitrogens is 2. The number of aryl methyl sites for hydroxylation is 2. The standard InChI is InChI=1S/C16H21N3O2S/c1-3-13-11-22-15(18-13)7-9-17-14(20)8-10-19-12(2)5-4-6-16(19)21/h4-6,11H,3,7-10H2,1-2H3,(H,17,20). The highest BCUT2D eigenvalue weighted by atomic mass is 32.1. The fourth-order valence-corrected chi connectivity index (χ4v) is 3.03. The number of rotatable bonds is 7. The maximum Gasteiger partial charge on any atom is 0.250 e. The Morgan fingerprint density at radius 2 is 2.23 bits per heavy atom. The van der Waals surface area contributed by atoms with Gasteiger partial charge >= 0.3 is 0 Å². The Morgan fingerprint density at radius 3 is 2.91 bits per heavy atom. The molecule has 2 heterocycles. The Morgan fingerprint density at radius 1 is 1.41 bits per heavy atom. The van der Waals surface area contributed by atoms with E-state index in [4.69, 9.17) is 0 Å². The fraction of sp³-hybridized carbons (Fsp3) is 0.438. The molecule has 0 radical (unpaired) electrons. The van der Waals surface area contributed by atoms with E-state index < -0.39 is 0 Å². The predicted molar refractivity (Wildman–Crippen MR) is 88.3 cm³/mol. The third-order valence-electron chi connectivity index (χ3n) is 3.45. The molecule has 0 saturated carbocycles. The molecule has 118 valence electrons. The highest BCUT2D eigenvalue weighted by Gasteiger charge is 2.05. The lowest BCUT2D eigenvalue weighted by atomic mass is 10.3. The fourth-order valence-electron chi connectivity index (χ4n) is 2.15. The van der Waals surface area contributed by atoms with Crippen molar-refractivity contribution in [3.63, 3.8) is 0 Å². The normalized spacial score (nSPS) is 10.6. The molecular weight excluding hydrogens is 298 g/mol. The second-order valence-corrected chi connectivity index (χ2v) is 6.04. The van der Waals surface area contributed by atoms with Crippen molar-refractivity contribution >= 4 is 17.2 Å². The summed E-state index contributed by atoms with van der Waals surface area (Å²) < 4.78 is 1.62. The Bertz CT molecular complexity index is 691. The van der Waals surface area contributed by atoms with E-state index in [1.165, 1.54) is 6.07 Å². The van der Waals surface area contributed by atoms with E-state index in [0.717, 1.165) is 29.2 Å². The van der Waals surface area contributed by atoms with Crippen molar-refractivity contribution in [1.29, 1.82) is 0 Å². The molecule has 2 aromatic heterocycles. The summed E-state index contributed by atoms with van der Waals surface area (Å²) in [5.74, 6) is -0.0394. The summed E-state index contributed by atoms with van der Waals surface area (Å²) in [6, 6.07) is 5.11. The van der Waals surface area contributed by atoms with Gasteiger partial charge in [-0.15, -0.1) is 11.3 Å². The summed E-state index contributed by atoms with van der Waals surface area (Å²) in [6.45, 7) is 4.94. The first-order valence-electron chi connectivity index (χ1n) is 7.46. The number of pyridine rings is 1. The average Bonchev–Trinajstić information content (AvgIpc) is 2.95. The van der Waals surface area contributed by atoms with Gasteiger partial charge in [0.05, 0.1) is 10.7 Å². The number of carbonyl (C=O) groups is 1. The van der Waals surface area contributed by atoms with Gasteiger partial charge in [-0.05, 0) is 19.4 Å². The van der Waals surface area contributed by atoms with Gasteiger partial charge in [-0.1, -0.05) is 13.0 Å². The summed E-state index contributed by atoms with van der Waals surface area (Å²) in [4.78, 5) is 28.0. The van der Waals surface area contributed by atoms with E-state index in [1.807, 2.05) is 13.0 Å². The Labute approximate surface area is 134 Å². The van der Waals surface area contributed by atoms with E-state index >= 15 is 0 Å². The lowest BCUT2D eigenvalue weighted by molar-refractivity contribution is -0.121. The Balaban J connectivity index is 1.75. The Hall–Kier alpha value is -1.95. The zero-order valence-corrected chi connectivity index (χ0v) is 13.8. The molecule has 6 heteroatoms. The van der Waals surface area contributed by atoms with Crippen LogP contribution in [0, 0.1) is 6.92 Å². The molecule has 0 bridgehead atoms. The van der Waals surface area contributed by atoms with E-state index in [9.17, 15) is 9.59 Å². The number of amides is 1. The number of nitrogens with one attached hydrogen (secondary N) is 1. The van der Waals surface area contributed by atoms with Gasteiger partial charge in [0.25, 0.3) is 5.56 Å². The summed E-state index contributed by atoms with van der Waals surface area (Å²) in [7, 11) is 0. The summed E-state index contributed by atoms with van der Waals surface area (Å²) in [6.07, 6.45) is 2.00. The lowest BCUT2D eigenvalue weighted by Gasteiger charge is -2.09. The smallest absolute Gasteiger partial charge is 0.250 e. The maximum absolute atomic E-state index is 11.8. The van der Waals surface area contributed by atoms with Crippen molar-refractivity contribution in [1.82, 2.24) is 14.9 Å². The van der Waals surface area contributed by atoms with Crippen LogP contribution in [-0.4, -0.2) is 22.0 Å². The second kappa shape index (κ2) is 7.89. The van der Waals surface area contributed by atoms with Crippen LogP contribution in [0.4, 0.5) is 0 Å². The summed E-state index contributed by atoms with van der Waals surface area (Å²) in [5.41, 5.74) is 1.91. The van der Waals surface area contributed by atoms with Crippen LogP contribution in [0.5, 0.6) is 0 Å². The molecule has 2 aromatic rings. The molecular formula is C16H21N3O2S. The molecule has 0 aromatic carbocycles. The number of nitrogens with zero attached hydrogens (tertiary/aromatic N) is 2. The first-order valence-corrected chi connectivity index (χ1v) is 8.34. The van der Waals surface area contributed by atoms with Crippen LogP contribution in [0.1, 0.15) is 29.7 Å².